The first-order chi connectivity index (χ1) is 13.3. The molecule has 0 fully saturated rings. The fourth-order valence-corrected chi connectivity index (χ4v) is 3.64. The van der Waals surface area contributed by atoms with Gasteiger partial charge in [0.1, 0.15) is 0 Å². The van der Waals surface area contributed by atoms with Crippen LogP contribution in [0.2, 0.25) is 20.1 Å². The first kappa shape index (κ1) is 20.5. The van der Waals surface area contributed by atoms with Gasteiger partial charge in [-0.3, -0.25) is 4.79 Å². The Hall–Kier alpha value is -2.24. The van der Waals surface area contributed by atoms with Crippen molar-refractivity contribution in [1.82, 2.24) is 0 Å². The number of hydrogen-bond acceptors (Lipinski definition) is 2. The lowest BCUT2D eigenvalue weighted by molar-refractivity contribution is 0.0692. The molecule has 0 unspecified atom stereocenters. The number of anilines is 1. The van der Waals surface area contributed by atoms with Gasteiger partial charge in [0, 0.05) is 5.69 Å². The second kappa shape index (κ2) is 8.41. The third kappa shape index (κ3) is 3.96. The molecule has 1 amide bonds. The Morgan fingerprint density at radius 3 is 1.71 bits per heavy atom. The fourth-order valence-electron chi connectivity index (χ4n) is 2.62. The van der Waals surface area contributed by atoms with Crippen LogP contribution in [-0.2, 0) is 0 Å². The molecule has 4 nitrogen and oxygen atoms in total. The highest BCUT2D eigenvalue weighted by Gasteiger charge is 2.28. The van der Waals surface area contributed by atoms with Crippen LogP contribution in [0.15, 0.2) is 54.6 Å². The van der Waals surface area contributed by atoms with Crippen LogP contribution < -0.4 is 5.32 Å². The normalized spacial score (nSPS) is 10.6. The lowest BCUT2D eigenvalue weighted by atomic mass is 10.0. The maximum absolute atomic E-state index is 12.7. The number of halogens is 4. The molecule has 142 valence electrons. The summed E-state index contributed by atoms with van der Waals surface area (Å²) in [6.07, 6.45) is 0. The average Bonchev–Trinajstić information content (AvgIpc) is 2.69. The van der Waals surface area contributed by atoms with Crippen molar-refractivity contribution >= 4 is 64.0 Å². The summed E-state index contributed by atoms with van der Waals surface area (Å²) in [7, 11) is 0. The van der Waals surface area contributed by atoms with Gasteiger partial charge in [0.15, 0.2) is 0 Å². The zero-order valence-corrected chi connectivity index (χ0v) is 17.0. The van der Waals surface area contributed by atoms with E-state index in [9.17, 15) is 14.7 Å². The van der Waals surface area contributed by atoms with Crippen molar-refractivity contribution < 1.29 is 14.7 Å². The lowest BCUT2D eigenvalue weighted by Crippen LogP contribution is -2.18. The molecular formula is C20H11Cl4NO3. The van der Waals surface area contributed by atoms with Crippen molar-refractivity contribution in [2.45, 2.75) is 0 Å². The largest absolute Gasteiger partial charge is 0.478 e. The van der Waals surface area contributed by atoms with Crippen LogP contribution in [0.25, 0.3) is 11.1 Å². The summed E-state index contributed by atoms with van der Waals surface area (Å²) in [6.45, 7) is 0. The quantitative estimate of drug-likeness (QED) is 0.332. The van der Waals surface area contributed by atoms with Crippen molar-refractivity contribution in [3.63, 3.8) is 0 Å². The molecule has 3 aromatic rings. The highest BCUT2D eigenvalue weighted by atomic mass is 35.5. The first-order valence-corrected chi connectivity index (χ1v) is 9.38. The predicted molar refractivity (Wildman–Crippen MR) is 113 cm³/mol. The number of amides is 1. The van der Waals surface area contributed by atoms with E-state index in [2.05, 4.69) is 5.32 Å². The Bertz CT molecular complexity index is 1070. The van der Waals surface area contributed by atoms with Gasteiger partial charge in [-0.05, 0) is 23.3 Å². The second-order valence-corrected chi connectivity index (χ2v) is 7.22. The van der Waals surface area contributed by atoms with Crippen LogP contribution >= 0.6 is 46.4 Å². The van der Waals surface area contributed by atoms with Gasteiger partial charge in [-0.2, -0.15) is 0 Å². The molecule has 2 N–H and O–H groups in total. The number of hydrogen-bond donors (Lipinski definition) is 2. The topological polar surface area (TPSA) is 66.4 Å². The minimum Gasteiger partial charge on any atom is -0.478 e. The molecule has 0 aliphatic carbocycles. The van der Waals surface area contributed by atoms with Crippen LogP contribution in [0.1, 0.15) is 20.7 Å². The molecule has 0 saturated carbocycles. The standard InChI is InChI=1S/C20H11Cl4NO3/c21-15-13(14(20(27)28)16(22)18(24)17(15)23)19(26)25-12-8-6-11(7-9-12)10-4-2-1-3-5-10/h1-9H,(H,25,26)(H,27,28). The summed E-state index contributed by atoms with van der Waals surface area (Å²) in [5, 5.41) is 11.0. The highest BCUT2D eigenvalue weighted by molar-refractivity contribution is 6.54. The zero-order chi connectivity index (χ0) is 20.4. The predicted octanol–water partition coefficient (Wildman–Crippen LogP) is 6.92. The van der Waals surface area contributed by atoms with E-state index in [0.717, 1.165) is 11.1 Å². The lowest BCUT2D eigenvalue weighted by Gasteiger charge is -2.14. The van der Waals surface area contributed by atoms with Gasteiger partial charge in [0.25, 0.3) is 5.91 Å². The SMILES string of the molecule is O=C(O)c1c(Cl)c(Cl)c(Cl)c(Cl)c1C(=O)Nc1ccc(-c2ccccc2)cc1. The van der Waals surface area contributed by atoms with Crippen LogP contribution in [0, 0.1) is 0 Å². The van der Waals surface area contributed by atoms with Gasteiger partial charge in [0.2, 0.25) is 0 Å². The highest BCUT2D eigenvalue weighted by Crippen LogP contribution is 2.41. The number of benzene rings is 3. The Morgan fingerprint density at radius 1 is 0.679 bits per heavy atom. The molecule has 0 heterocycles. The molecule has 0 atom stereocenters. The molecule has 0 aliphatic rings. The van der Waals surface area contributed by atoms with Gasteiger partial charge in [-0.15, -0.1) is 0 Å². The number of carbonyl (C=O) groups excluding carboxylic acids is 1. The number of carbonyl (C=O) groups is 2. The minimum atomic E-state index is -1.45. The van der Waals surface area contributed by atoms with Gasteiger partial charge >= 0.3 is 5.97 Å². The molecule has 0 saturated heterocycles. The second-order valence-electron chi connectivity index (χ2n) is 5.71. The van der Waals surface area contributed by atoms with Crippen molar-refractivity contribution in [2.24, 2.45) is 0 Å². The molecule has 0 aliphatic heterocycles. The summed E-state index contributed by atoms with van der Waals surface area (Å²) in [6, 6.07) is 16.7. The molecule has 0 aromatic heterocycles. The molecule has 0 spiro atoms. The number of rotatable bonds is 4. The Kier molecular flexibility index (Phi) is 6.16. The van der Waals surface area contributed by atoms with Gasteiger partial charge in [-0.25, -0.2) is 4.79 Å². The number of carboxylic acid groups (broad SMARTS) is 1. The molecule has 0 radical (unpaired) electrons. The summed E-state index contributed by atoms with van der Waals surface area (Å²) in [5.41, 5.74) is 1.55. The van der Waals surface area contributed by atoms with E-state index >= 15 is 0 Å². The molecular weight excluding hydrogens is 444 g/mol. The van der Waals surface area contributed by atoms with Gasteiger partial charge in [-0.1, -0.05) is 88.9 Å². The molecule has 3 aromatic carbocycles. The van der Waals surface area contributed by atoms with E-state index in [1.54, 1.807) is 12.1 Å². The van der Waals surface area contributed by atoms with Gasteiger partial charge < -0.3 is 10.4 Å². The van der Waals surface area contributed by atoms with Crippen molar-refractivity contribution in [2.75, 3.05) is 5.32 Å². The molecule has 8 heteroatoms. The van der Waals surface area contributed by atoms with Crippen LogP contribution in [0.4, 0.5) is 5.69 Å². The van der Waals surface area contributed by atoms with Crippen LogP contribution in [-0.4, -0.2) is 17.0 Å². The summed E-state index contributed by atoms with van der Waals surface area (Å²) in [5.74, 6) is -2.22. The van der Waals surface area contributed by atoms with E-state index in [-0.39, 0.29) is 25.7 Å². The number of nitrogens with one attached hydrogen (secondary N) is 1. The maximum atomic E-state index is 12.7. The van der Waals surface area contributed by atoms with E-state index in [1.165, 1.54) is 0 Å². The average molecular weight is 455 g/mol. The first-order valence-electron chi connectivity index (χ1n) is 7.87. The van der Waals surface area contributed by atoms with Crippen molar-refractivity contribution in [1.29, 1.82) is 0 Å². The summed E-state index contributed by atoms with van der Waals surface area (Å²) < 4.78 is 0. The maximum Gasteiger partial charge on any atom is 0.338 e. The van der Waals surface area contributed by atoms with Crippen molar-refractivity contribution in [3.05, 3.63) is 85.8 Å². The Balaban J connectivity index is 1.95. The van der Waals surface area contributed by atoms with E-state index < -0.39 is 17.4 Å². The van der Waals surface area contributed by atoms with E-state index in [4.69, 9.17) is 46.4 Å². The fraction of sp³-hybridized carbons (Fsp3) is 0. The van der Waals surface area contributed by atoms with Gasteiger partial charge in [0.05, 0.1) is 31.2 Å². The van der Waals surface area contributed by atoms with E-state index in [1.807, 2.05) is 42.5 Å². The molecule has 3 rings (SSSR count). The van der Waals surface area contributed by atoms with Crippen LogP contribution in [0.5, 0.6) is 0 Å². The zero-order valence-electron chi connectivity index (χ0n) is 14.0. The monoisotopic (exact) mass is 453 g/mol. The minimum absolute atomic E-state index is 0.192. The summed E-state index contributed by atoms with van der Waals surface area (Å²) in [4.78, 5) is 24.3. The van der Waals surface area contributed by atoms with Crippen LogP contribution in [0.3, 0.4) is 0 Å². The Labute approximate surface area is 180 Å². The molecule has 28 heavy (non-hydrogen) atoms. The number of carboxylic acids is 1. The summed E-state index contributed by atoms with van der Waals surface area (Å²) >= 11 is 23.9. The van der Waals surface area contributed by atoms with E-state index in [0.29, 0.717) is 5.69 Å². The smallest absolute Gasteiger partial charge is 0.338 e. The molecule has 0 bridgehead atoms. The van der Waals surface area contributed by atoms with Crippen molar-refractivity contribution in [3.8, 4) is 11.1 Å². The Morgan fingerprint density at radius 2 is 1.18 bits per heavy atom. The third-order valence-electron chi connectivity index (χ3n) is 3.96. The third-order valence-corrected chi connectivity index (χ3v) is 5.76. The number of aromatic carboxylic acids is 1.